The van der Waals surface area contributed by atoms with Gasteiger partial charge < -0.3 is 0 Å². The third kappa shape index (κ3) is 3.82. The molecule has 0 atom stereocenters. The standard InChI is InChI=1S/C20H22N2OS/c1-4-5-6-15-7-8-17-18(12-15)24-20(21-17)22-19(23)16-10-13(2)9-14(3)11-16/h7-12H,4-6H2,1-3H3,(H,21,22,23). The molecule has 0 spiro atoms. The van der Waals surface area contributed by atoms with Crippen LogP contribution in [0.5, 0.6) is 0 Å². The number of carbonyl (C=O) groups is 1. The quantitative estimate of drug-likeness (QED) is 0.666. The minimum Gasteiger partial charge on any atom is -0.298 e. The fraction of sp³-hybridized carbons (Fsp3) is 0.300. The van der Waals surface area contributed by atoms with Crippen molar-refractivity contribution >= 4 is 32.6 Å². The summed E-state index contributed by atoms with van der Waals surface area (Å²) in [6.45, 7) is 6.20. The first kappa shape index (κ1) is 16.7. The number of hydrogen-bond acceptors (Lipinski definition) is 3. The van der Waals surface area contributed by atoms with E-state index >= 15 is 0 Å². The topological polar surface area (TPSA) is 42.0 Å². The monoisotopic (exact) mass is 338 g/mol. The Morgan fingerprint density at radius 1 is 1.12 bits per heavy atom. The van der Waals surface area contributed by atoms with Crippen LogP contribution < -0.4 is 5.32 Å². The van der Waals surface area contributed by atoms with E-state index in [1.165, 1.54) is 29.7 Å². The second-order valence-corrected chi connectivity index (χ2v) is 7.29. The van der Waals surface area contributed by atoms with Gasteiger partial charge in [-0.25, -0.2) is 4.98 Å². The molecular formula is C20H22N2OS. The molecule has 124 valence electrons. The van der Waals surface area contributed by atoms with E-state index in [2.05, 4.69) is 35.4 Å². The number of aryl methyl sites for hydroxylation is 3. The first-order chi connectivity index (χ1) is 11.5. The van der Waals surface area contributed by atoms with Gasteiger partial charge in [0.25, 0.3) is 5.91 Å². The Hall–Kier alpha value is -2.20. The van der Waals surface area contributed by atoms with Crippen molar-refractivity contribution in [1.82, 2.24) is 4.98 Å². The predicted molar refractivity (Wildman–Crippen MR) is 102 cm³/mol. The minimum absolute atomic E-state index is 0.105. The van der Waals surface area contributed by atoms with E-state index < -0.39 is 0 Å². The number of hydrogen-bond donors (Lipinski definition) is 1. The van der Waals surface area contributed by atoms with Crippen molar-refractivity contribution in [3.8, 4) is 0 Å². The number of thiazole rings is 1. The Kier molecular flexibility index (Phi) is 4.95. The van der Waals surface area contributed by atoms with Gasteiger partial charge in [-0.15, -0.1) is 0 Å². The van der Waals surface area contributed by atoms with Crippen LogP contribution in [0.4, 0.5) is 5.13 Å². The highest BCUT2D eigenvalue weighted by Crippen LogP contribution is 2.27. The van der Waals surface area contributed by atoms with Gasteiger partial charge in [0.15, 0.2) is 5.13 Å². The maximum absolute atomic E-state index is 12.5. The van der Waals surface area contributed by atoms with Crippen LogP contribution in [0.15, 0.2) is 36.4 Å². The molecule has 3 aromatic rings. The Labute approximate surface area is 146 Å². The average molecular weight is 338 g/mol. The molecule has 2 aromatic carbocycles. The smallest absolute Gasteiger partial charge is 0.257 e. The second kappa shape index (κ2) is 7.14. The largest absolute Gasteiger partial charge is 0.298 e. The lowest BCUT2D eigenvalue weighted by Gasteiger charge is -2.04. The number of benzene rings is 2. The van der Waals surface area contributed by atoms with Gasteiger partial charge in [0.05, 0.1) is 10.2 Å². The summed E-state index contributed by atoms with van der Waals surface area (Å²) in [5, 5.41) is 3.59. The van der Waals surface area contributed by atoms with Crippen molar-refractivity contribution in [2.75, 3.05) is 5.32 Å². The summed E-state index contributed by atoms with van der Waals surface area (Å²) in [6, 6.07) is 12.2. The Morgan fingerprint density at radius 3 is 2.58 bits per heavy atom. The zero-order valence-corrected chi connectivity index (χ0v) is 15.2. The van der Waals surface area contributed by atoms with Crippen molar-refractivity contribution < 1.29 is 4.79 Å². The molecule has 1 aromatic heterocycles. The molecule has 1 amide bonds. The van der Waals surface area contributed by atoms with E-state index in [1.807, 2.05) is 32.0 Å². The first-order valence-corrected chi connectivity index (χ1v) is 9.16. The molecule has 1 N–H and O–H groups in total. The molecule has 1 heterocycles. The average Bonchev–Trinajstić information content (AvgIpc) is 2.93. The molecule has 3 rings (SSSR count). The van der Waals surface area contributed by atoms with E-state index in [1.54, 1.807) is 0 Å². The second-order valence-electron chi connectivity index (χ2n) is 6.26. The van der Waals surface area contributed by atoms with Crippen LogP contribution in [-0.4, -0.2) is 10.9 Å². The van der Waals surface area contributed by atoms with Crippen LogP contribution in [-0.2, 0) is 6.42 Å². The lowest BCUT2D eigenvalue weighted by atomic mass is 10.1. The number of aromatic nitrogens is 1. The molecule has 0 aliphatic heterocycles. The number of nitrogens with zero attached hydrogens (tertiary/aromatic N) is 1. The van der Waals surface area contributed by atoms with Gasteiger partial charge in [-0.05, 0) is 56.5 Å². The maximum atomic E-state index is 12.5. The third-order valence-corrected chi connectivity index (χ3v) is 4.91. The number of amides is 1. The Morgan fingerprint density at radius 2 is 1.88 bits per heavy atom. The van der Waals surface area contributed by atoms with Crippen LogP contribution in [0.1, 0.15) is 46.8 Å². The lowest BCUT2D eigenvalue weighted by molar-refractivity contribution is 0.102. The highest BCUT2D eigenvalue weighted by atomic mass is 32.1. The lowest BCUT2D eigenvalue weighted by Crippen LogP contribution is -2.12. The van der Waals surface area contributed by atoms with Gasteiger partial charge in [0.1, 0.15) is 0 Å². The summed E-state index contributed by atoms with van der Waals surface area (Å²) < 4.78 is 1.12. The van der Waals surface area contributed by atoms with Gasteiger partial charge in [0.2, 0.25) is 0 Å². The van der Waals surface area contributed by atoms with Gasteiger partial charge in [0, 0.05) is 5.56 Å². The zero-order valence-electron chi connectivity index (χ0n) is 14.3. The van der Waals surface area contributed by atoms with Gasteiger partial charge in [-0.3, -0.25) is 10.1 Å². The van der Waals surface area contributed by atoms with Crippen LogP contribution in [0.3, 0.4) is 0 Å². The minimum atomic E-state index is -0.105. The van der Waals surface area contributed by atoms with E-state index in [4.69, 9.17) is 0 Å². The van der Waals surface area contributed by atoms with Crippen molar-refractivity contribution in [2.45, 2.75) is 40.0 Å². The summed E-state index contributed by atoms with van der Waals surface area (Å²) >= 11 is 1.53. The van der Waals surface area contributed by atoms with Crippen LogP contribution in [0.25, 0.3) is 10.2 Å². The van der Waals surface area contributed by atoms with Crippen LogP contribution in [0.2, 0.25) is 0 Å². The van der Waals surface area contributed by atoms with Gasteiger partial charge >= 0.3 is 0 Å². The number of unbranched alkanes of at least 4 members (excludes halogenated alkanes) is 1. The number of anilines is 1. The first-order valence-electron chi connectivity index (χ1n) is 8.34. The summed E-state index contributed by atoms with van der Waals surface area (Å²) in [7, 11) is 0. The molecule has 0 fully saturated rings. The molecule has 0 unspecified atom stereocenters. The number of carbonyl (C=O) groups excluding carboxylic acids is 1. The number of nitrogens with one attached hydrogen (secondary N) is 1. The Bertz CT molecular complexity index is 862. The molecular weight excluding hydrogens is 316 g/mol. The van der Waals surface area contributed by atoms with Crippen molar-refractivity contribution in [3.05, 3.63) is 58.7 Å². The molecule has 3 nitrogen and oxygen atoms in total. The fourth-order valence-electron chi connectivity index (χ4n) is 2.83. The van der Waals surface area contributed by atoms with E-state index in [0.29, 0.717) is 10.7 Å². The molecule has 4 heteroatoms. The molecule has 0 radical (unpaired) electrons. The SMILES string of the molecule is CCCCc1ccc2nc(NC(=O)c3cc(C)cc(C)c3)sc2c1. The zero-order chi connectivity index (χ0) is 17.1. The Balaban J connectivity index is 1.80. The van der Waals surface area contributed by atoms with Gasteiger partial charge in [-0.1, -0.05) is 47.9 Å². The molecule has 24 heavy (non-hydrogen) atoms. The van der Waals surface area contributed by atoms with E-state index in [9.17, 15) is 4.79 Å². The predicted octanol–water partition coefficient (Wildman–Crippen LogP) is 5.51. The molecule has 0 saturated heterocycles. The van der Waals surface area contributed by atoms with Crippen LogP contribution in [0, 0.1) is 13.8 Å². The summed E-state index contributed by atoms with van der Waals surface area (Å²) in [5.74, 6) is -0.105. The van der Waals surface area contributed by atoms with E-state index in [-0.39, 0.29) is 5.91 Å². The molecule has 0 saturated carbocycles. The summed E-state index contributed by atoms with van der Waals surface area (Å²) in [5.41, 5.74) is 5.13. The van der Waals surface area contributed by atoms with Crippen molar-refractivity contribution in [2.24, 2.45) is 0 Å². The molecule has 0 bridgehead atoms. The summed E-state index contributed by atoms with van der Waals surface area (Å²) in [6.07, 6.45) is 3.48. The summed E-state index contributed by atoms with van der Waals surface area (Å²) in [4.78, 5) is 17.0. The molecule has 0 aliphatic rings. The fourth-order valence-corrected chi connectivity index (χ4v) is 3.76. The maximum Gasteiger partial charge on any atom is 0.257 e. The van der Waals surface area contributed by atoms with Crippen molar-refractivity contribution in [1.29, 1.82) is 0 Å². The third-order valence-electron chi connectivity index (χ3n) is 3.98. The highest BCUT2D eigenvalue weighted by Gasteiger charge is 2.11. The molecule has 0 aliphatic carbocycles. The van der Waals surface area contributed by atoms with E-state index in [0.717, 1.165) is 27.8 Å². The van der Waals surface area contributed by atoms with Crippen molar-refractivity contribution in [3.63, 3.8) is 0 Å². The van der Waals surface area contributed by atoms with Gasteiger partial charge in [-0.2, -0.15) is 0 Å². The number of rotatable bonds is 5. The number of fused-ring (bicyclic) bond motifs is 1. The highest BCUT2D eigenvalue weighted by molar-refractivity contribution is 7.22. The normalized spacial score (nSPS) is 11.0. The van der Waals surface area contributed by atoms with Crippen LogP contribution >= 0.6 is 11.3 Å².